The van der Waals surface area contributed by atoms with Crippen LogP contribution in [0.15, 0.2) is 0 Å². The monoisotopic (exact) mass is 170 g/mol. The summed E-state index contributed by atoms with van der Waals surface area (Å²) in [7, 11) is 0. The zero-order valence-corrected chi connectivity index (χ0v) is 8.64. The molecule has 0 aliphatic heterocycles. The van der Waals surface area contributed by atoms with E-state index in [0.717, 1.165) is 18.8 Å². The van der Waals surface area contributed by atoms with Crippen molar-refractivity contribution in [2.75, 3.05) is 0 Å². The topological polar surface area (TPSA) is 20.2 Å². The SMILES string of the molecule is CCC1(O)CCCC1CC(C)C. The molecule has 1 aliphatic rings. The van der Waals surface area contributed by atoms with Gasteiger partial charge in [0.25, 0.3) is 0 Å². The van der Waals surface area contributed by atoms with E-state index < -0.39 is 0 Å². The van der Waals surface area contributed by atoms with Crippen LogP contribution in [-0.2, 0) is 0 Å². The molecule has 2 unspecified atom stereocenters. The van der Waals surface area contributed by atoms with Gasteiger partial charge in [-0.25, -0.2) is 0 Å². The van der Waals surface area contributed by atoms with Crippen LogP contribution in [-0.4, -0.2) is 10.7 Å². The molecule has 0 radical (unpaired) electrons. The van der Waals surface area contributed by atoms with Crippen molar-refractivity contribution in [2.45, 2.75) is 58.5 Å². The fourth-order valence-corrected chi connectivity index (χ4v) is 2.50. The summed E-state index contributed by atoms with van der Waals surface area (Å²) in [5.41, 5.74) is -0.315. The molecule has 1 aliphatic carbocycles. The first-order valence-electron chi connectivity index (χ1n) is 5.31. The van der Waals surface area contributed by atoms with Gasteiger partial charge in [-0.05, 0) is 37.5 Å². The maximum Gasteiger partial charge on any atom is 0.0673 e. The molecular weight excluding hydrogens is 148 g/mol. The van der Waals surface area contributed by atoms with Crippen molar-refractivity contribution < 1.29 is 5.11 Å². The lowest BCUT2D eigenvalue weighted by Gasteiger charge is -2.30. The van der Waals surface area contributed by atoms with Gasteiger partial charge in [-0.1, -0.05) is 27.2 Å². The number of hydrogen-bond acceptors (Lipinski definition) is 1. The molecule has 72 valence electrons. The minimum Gasteiger partial charge on any atom is -0.390 e. The van der Waals surface area contributed by atoms with E-state index in [1.165, 1.54) is 19.3 Å². The molecule has 0 aromatic rings. The largest absolute Gasteiger partial charge is 0.390 e. The van der Waals surface area contributed by atoms with Gasteiger partial charge in [-0.15, -0.1) is 0 Å². The standard InChI is InChI=1S/C11H22O/c1-4-11(12)7-5-6-10(11)8-9(2)3/h9-10,12H,4-8H2,1-3H3. The molecule has 0 amide bonds. The first-order valence-corrected chi connectivity index (χ1v) is 5.31. The average molecular weight is 170 g/mol. The Morgan fingerprint density at radius 1 is 1.50 bits per heavy atom. The van der Waals surface area contributed by atoms with Crippen molar-refractivity contribution in [1.29, 1.82) is 0 Å². The third-order valence-electron chi connectivity index (χ3n) is 3.29. The molecule has 1 fully saturated rings. The van der Waals surface area contributed by atoms with E-state index in [1.807, 2.05) is 0 Å². The molecule has 0 saturated heterocycles. The van der Waals surface area contributed by atoms with Crippen LogP contribution in [0.3, 0.4) is 0 Å². The zero-order valence-electron chi connectivity index (χ0n) is 8.64. The van der Waals surface area contributed by atoms with E-state index in [1.54, 1.807) is 0 Å². The van der Waals surface area contributed by atoms with E-state index in [4.69, 9.17) is 0 Å². The Labute approximate surface area is 76.2 Å². The van der Waals surface area contributed by atoms with Gasteiger partial charge in [0.1, 0.15) is 0 Å². The van der Waals surface area contributed by atoms with Crippen LogP contribution >= 0.6 is 0 Å². The molecular formula is C11H22O. The summed E-state index contributed by atoms with van der Waals surface area (Å²) >= 11 is 0. The van der Waals surface area contributed by atoms with Gasteiger partial charge >= 0.3 is 0 Å². The summed E-state index contributed by atoms with van der Waals surface area (Å²) in [6.45, 7) is 6.60. The van der Waals surface area contributed by atoms with Crippen LogP contribution in [0.2, 0.25) is 0 Å². The molecule has 0 spiro atoms. The quantitative estimate of drug-likeness (QED) is 0.690. The van der Waals surface area contributed by atoms with Crippen LogP contribution < -0.4 is 0 Å². The average Bonchev–Trinajstić information content (AvgIpc) is 2.33. The molecule has 1 rings (SSSR count). The van der Waals surface area contributed by atoms with Crippen LogP contribution in [0.5, 0.6) is 0 Å². The van der Waals surface area contributed by atoms with E-state index in [9.17, 15) is 5.11 Å². The molecule has 12 heavy (non-hydrogen) atoms. The van der Waals surface area contributed by atoms with Crippen molar-refractivity contribution in [2.24, 2.45) is 11.8 Å². The third kappa shape index (κ3) is 2.01. The van der Waals surface area contributed by atoms with Crippen molar-refractivity contribution in [3.8, 4) is 0 Å². The maximum absolute atomic E-state index is 10.2. The van der Waals surface area contributed by atoms with Crippen LogP contribution in [0.1, 0.15) is 52.9 Å². The van der Waals surface area contributed by atoms with E-state index >= 15 is 0 Å². The summed E-state index contributed by atoms with van der Waals surface area (Å²) in [4.78, 5) is 0. The Morgan fingerprint density at radius 2 is 2.17 bits per heavy atom. The van der Waals surface area contributed by atoms with Crippen LogP contribution in [0.25, 0.3) is 0 Å². The molecule has 0 aromatic carbocycles. The summed E-state index contributed by atoms with van der Waals surface area (Å²) in [6.07, 6.45) is 5.62. The second-order valence-electron chi connectivity index (χ2n) is 4.68. The molecule has 0 heterocycles. The summed E-state index contributed by atoms with van der Waals surface area (Å²) in [6, 6.07) is 0. The maximum atomic E-state index is 10.2. The van der Waals surface area contributed by atoms with Crippen molar-refractivity contribution in [3.05, 3.63) is 0 Å². The molecule has 1 saturated carbocycles. The van der Waals surface area contributed by atoms with Gasteiger partial charge in [0.2, 0.25) is 0 Å². The van der Waals surface area contributed by atoms with Crippen LogP contribution in [0, 0.1) is 11.8 Å². The highest BCUT2D eigenvalue weighted by Gasteiger charge is 2.39. The van der Waals surface area contributed by atoms with Gasteiger partial charge < -0.3 is 5.11 Å². The minimum absolute atomic E-state index is 0.315. The van der Waals surface area contributed by atoms with E-state index in [2.05, 4.69) is 20.8 Å². The predicted octanol–water partition coefficient (Wildman–Crippen LogP) is 2.97. The van der Waals surface area contributed by atoms with E-state index in [0.29, 0.717) is 5.92 Å². The molecule has 1 heteroatoms. The first kappa shape index (κ1) is 10.0. The van der Waals surface area contributed by atoms with Gasteiger partial charge in [0.15, 0.2) is 0 Å². The lowest BCUT2D eigenvalue weighted by molar-refractivity contribution is -0.00837. The van der Waals surface area contributed by atoms with Gasteiger partial charge in [-0.2, -0.15) is 0 Å². The Hall–Kier alpha value is -0.0400. The summed E-state index contributed by atoms with van der Waals surface area (Å²) in [5.74, 6) is 1.30. The Morgan fingerprint density at radius 3 is 2.67 bits per heavy atom. The number of hydrogen-bond donors (Lipinski definition) is 1. The Balaban J connectivity index is 2.51. The number of aliphatic hydroxyl groups is 1. The van der Waals surface area contributed by atoms with E-state index in [-0.39, 0.29) is 5.60 Å². The second kappa shape index (κ2) is 3.78. The molecule has 1 N–H and O–H groups in total. The summed E-state index contributed by atoms with van der Waals surface area (Å²) < 4.78 is 0. The normalized spacial score (nSPS) is 36.2. The van der Waals surface area contributed by atoms with Gasteiger partial charge in [0.05, 0.1) is 5.60 Å². The summed E-state index contributed by atoms with van der Waals surface area (Å²) in [5, 5.41) is 10.2. The zero-order chi connectivity index (χ0) is 9.19. The highest BCUT2D eigenvalue weighted by Crippen LogP contribution is 2.41. The third-order valence-corrected chi connectivity index (χ3v) is 3.29. The van der Waals surface area contributed by atoms with Crippen LogP contribution in [0.4, 0.5) is 0 Å². The Bertz CT molecular complexity index is 142. The minimum atomic E-state index is -0.315. The lowest BCUT2D eigenvalue weighted by Crippen LogP contribution is -2.32. The predicted molar refractivity (Wildman–Crippen MR) is 52.0 cm³/mol. The fourth-order valence-electron chi connectivity index (χ4n) is 2.50. The molecule has 0 bridgehead atoms. The molecule has 1 nitrogen and oxygen atoms in total. The van der Waals surface area contributed by atoms with Gasteiger partial charge in [0, 0.05) is 0 Å². The molecule has 2 atom stereocenters. The fraction of sp³-hybridized carbons (Fsp3) is 1.00. The van der Waals surface area contributed by atoms with Crippen molar-refractivity contribution in [1.82, 2.24) is 0 Å². The smallest absolute Gasteiger partial charge is 0.0673 e. The van der Waals surface area contributed by atoms with Gasteiger partial charge in [-0.3, -0.25) is 0 Å². The Kier molecular flexibility index (Phi) is 3.16. The first-order chi connectivity index (χ1) is 5.58. The second-order valence-corrected chi connectivity index (χ2v) is 4.68. The van der Waals surface area contributed by atoms with Crippen molar-refractivity contribution >= 4 is 0 Å². The molecule has 0 aromatic heterocycles. The van der Waals surface area contributed by atoms with Crippen molar-refractivity contribution in [3.63, 3.8) is 0 Å². The lowest BCUT2D eigenvalue weighted by atomic mass is 9.83. The highest BCUT2D eigenvalue weighted by molar-refractivity contribution is 4.91. The highest BCUT2D eigenvalue weighted by atomic mass is 16.3. The number of rotatable bonds is 3.